The fourth-order valence-electron chi connectivity index (χ4n) is 1.78. The highest BCUT2D eigenvalue weighted by Crippen LogP contribution is 2.29. The first-order chi connectivity index (χ1) is 9.86. The van der Waals surface area contributed by atoms with Gasteiger partial charge in [-0.2, -0.15) is 0 Å². The van der Waals surface area contributed by atoms with Crippen molar-refractivity contribution in [1.82, 2.24) is 0 Å². The molecule has 1 atom stereocenters. The Morgan fingerprint density at radius 1 is 1.24 bits per heavy atom. The molecular weight excluding hydrogens is 384 g/mol. The zero-order valence-electron chi connectivity index (χ0n) is 10.4. The minimum absolute atomic E-state index is 0.135. The van der Waals surface area contributed by atoms with Crippen molar-refractivity contribution in [3.05, 3.63) is 62.3 Å². The number of hydrogen-bond acceptors (Lipinski definition) is 2. The van der Waals surface area contributed by atoms with Crippen molar-refractivity contribution in [3.8, 4) is 0 Å². The van der Waals surface area contributed by atoms with E-state index in [2.05, 4.69) is 21.2 Å². The molecule has 2 N–H and O–H groups in total. The van der Waals surface area contributed by atoms with Crippen molar-refractivity contribution in [3.63, 3.8) is 0 Å². The van der Waals surface area contributed by atoms with Gasteiger partial charge in [0.1, 0.15) is 5.82 Å². The lowest BCUT2D eigenvalue weighted by Gasteiger charge is -2.17. The predicted molar refractivity (Wildman–Crippen MR) is 84.6 cm³/mol. The third-order valence-corrected chi connectivity index (χ3v) is 4.13. The molecule has 0 spiro atoms. The van der Waals surface area contributed by atoms with Crippen LogP contribution in [0.25, 0.3) is 0 Å². The first-order valence-corrected chi connectivity index (χ1v) is 7.32. The average Bonchev–Trinajstić information content (AvgIpc) is 2.38. The van der Waals surface area contributed by atoms with Crippen LogP contribution in [-0.4, -0.2) is 11.1 Å². The molecule has 0 aliphatic heterocycles. The van der Waals surface area contributed by atoms with E-state index in [0.717, 1.165) is 12.1 Å². The summed E-state index contributed by atoms with van der Waals surface area (Å²) in [5.74, 6) is -1.74. The molecule has 110 valence electrons. The average molecular weight is 393 g/mol. The van der Waals surface area contributed by atoms with Crippen molar-refractivity contribution in [2.75, 3.05) is 5.32 Å². The molecule has 0 aliphatic carbocycles. The van der Waals surface area contributed by atoms with Crippen LogP contribution < -0.4 is 5.32 Å². The Kier molecular flexibility index (Phi) is 5.08. The van der Waals surface area contributed by atoms with Crippen LogP contribution in [0.3, 0.4) is 0 Å². The summed E-state index contributed by atoms with van der Waals surface area (Å²) in [5, 5.41) is 12.8. The molecule has 0 amide bonds. The molecule has 2 aromatic rings. The molecule has 3 nitrogen and oxygen atoms in total. The maximum absolute atomic E-state index is 13.4. The molecule has 0 aromatic heterocycles. The van der Waals surface area contributed by atoms with Gasteiger partial charge >= 0.3 is 5.97 Å². The van der Waals surface area contributed by atoms with E-state index in [9.17, 15) is 14.3 Å². The Bertz CT molecular complexity index is 676. The van der Waals surface area contributed by atoms with Crippen LogP contribution in [0.2, 0.25) is 10.0 Å². The molecule has 0 saturated carbocycles. The van der Waals surface area contributed by atoms with Crippen molar-refractivity contribution in [2.24, 2.45) is 0 Å². The number of carboxylic acids is 1. The minimum Gasteiger partial charge on any atom is -0.479 e. The van der Waals surface area contributed by atoms with Crippen molar-refractivity contribution in [2.45, 2.75) is 6.04 Å². The van der Waals surface area contributed by atoms with Gasteiger partial charge in [-0.05, 0) is 57.9 Å². The molecule has 21 heavy (non-hydrogen) atoms. The zero-order chi connectivity index (χ0) is 15.6. The molecule has 2 aromatic carbocycles. The molecule has 0 heterocycles. The normalized spacial score (nSPS) is 12.0. The van der Waals surface area contributed by atoms with Crippen LogP contribution in [0.15, 0.2) is 40.9 Å². The summed E-state index contributed by atoms with van der Waals surface area (Å²) >= 11 is 14.9. The van der Waals surface area contributed by atoms with Gasteiger partial charge in [-0.1, -0.05) is 23.2 Å². The van der Waals surface area contributed by atoms with Gasteiger partial charge in [0.05, 0.1) is 5.02 Å². The second kappa shape index (κ2) is 6.64. The van der Waals surface area contributed by atoms with E-state index in [0.29, 0.717) is 15.2 Å². The topological polar surface area (TPSA) is 49.3 Å². The summed E-state index contributed by atoms with van der Waals surface area (Å²) in [6.45, 7) is 0. The summed E-state index contributed by atoms with van der Waals surface area (Å²) in [5.41, 5.74) is 0.748. The van der Waals surface area contributed by atoms with E-state index in [1.165, 1.54) is 6.07 Å². The number of carboxylic acid groups (broad SMARTS) is 1. The van der Waals surface area contributed by atoms with Gasteiger partial charge in [0, 0.05) is 15.2 Å². The molecular formula is C14H9BrCl2FNO2. The number of halogens is 4. The molecule has 2 rings (SSSR count). The summed E-state index contributed by atoms with van der Waals surface area (Å²) < 4.78 is 14.0. The SMILES string of the molecule is O=C(O)C(Nc1ccc(Cl)c(Br)c1)c1cc(F)cc(Cl)c1. The van der Waals surface area contributed by atoms with Gasteiger partial charge in [-0.3, -0.25) is 0 Å². The van der Waals surface area contributed by atoms with Crippen LogP contribution in [0.4, 0.5) is 10.1 Å². The minimum atomic E-state index is -1.15. The van der Waals surface area contributed by atoms with Crippen LogP contribution in [0.5, 0.6) is 0 Å². The first kappa shape index (κ1) is 16.1. The van der Waals surface area contributed by atoms with E-state index < -0.39 is 17.8 Å². The number of aliphatic carboxylic acids is 1. The van der Waals surface area contributed by atoms with Gasteiger partial charge < -0.3 is 10.4 Å². The highest BCUT2D eigenvalue weighted by atomic mass is 79.9. The molecule has 0 bridgehead atoms. The molecule has 0 saturated heterocycles. The second-order valence-electron chi connectivity index (χ2n) is 4.25. The molecule has 0 radical (unpaired) electrons. The summed E-state index contributed by atoms with van der Waals surface area (Å²) in [4.78, 5) is 11.4. The molecule has 1 unspecified atom stereocenters. The summed E-state index contributed by atoms with van der Waals surface area (Å²) in [6.07, 6.45) is 0. The van der Waals surface area contributed by atoms with E-state index >= 15 is 0 Å². The Labute approximate surface area is 138 Å². The Hall–Kier alpha value is -1.30. The smallest absolute Gasteiger partial charge is 0.330 e. The van der Waals surface area contributed by atoms with E-state index in [1.807, 2.05) is 0 Å². The fraction of sp³-hybridized carbons (Fsp3) is 0.0714. The summed E-state index contributed by atoms with van der Waals surface area (Å²) in [7, 11) is 0. The number of anilines is 1. The fourth-order valence-corrected chi connectivity index (χ4v) is 2.51. The lowest BCUT2D eigenvalue weighted by Crippen LogP contribution is -2.20. The second-order valence-corrected chi connectivity index (χ2v) is 5.95. The highest BCUT2D eigenvalue weighted by molar-refractivity contribution is 9.10. The van der Waals surface area contributed by atoms with Crippen LogP contribution in [0, 0.1) is 5.82 Å². The van der Waals surface area contributed by atoms with Gasteiger partial charge in [0.25, 0.3) is 0 Å². The Balaban J connectivity index is 2.35. The van der Waals surface area contributed by atoms with Gasteiger partial charge in [-0.15, -0.1) is 0 Å². The predicted octanol–water partition coefficient (Wildman–Crippen LogP) is 5.13. The molecule has 7 heteroatoms. The van der Waals surface area contributed by atoms with Gasteiger partial charge in [0.15, 0.2) is 6.04 Å². The van der Waals surface area contributed by atoms with Crippen LogP contribution in [-0.2, 0) is 4.79 Å². The lowest BCUT2D eigenvalue weighted by molar-refractivity contribution is -0.138. The maximum Gasteiger partial charge on any atom is 0.330 e. The number of rotatable bonds is 4. The monoisotopic (exact) mass is 391 g/mol. The number of carbonyl (C=O) groups is 1. The van der Waals surface area contributed by atoms with E-state index in [4.69, 9.17) is 23.2 Å². The zero-order valence-corrected chi connectivity index (χ0v) is 13.5. The summed E-state index contributed by atoms with van der Waals surface area (Å²) in [6, 6.07) is 7.40. The molecule has 0 aliphatic rings. The number of benzene rings is 2. The van der Waals surface area contributed by atoms with Gasteiger partial charge in [0.2, 0.25) is 0 Å². The number of hydrogen-bond donors (Lipinski definition) is 2. The van der Waals surface area contributed by atoms with E-state index in [-0.39, 0.29) is 10.6 Å². The van der Waals surface area contributed by atoms with E-state index in [1.54, 1.807) is 18.2 Å². The van der Waals surface area contributed by atoms with Crippen LogP contribution >= 0.6 is 39.1 Å². The Morgan fingerprint density at radius 3 is 2.52 bits per heavy atom. The third-order valence-electron chi connectivity index (χ3n) is 2.70. The van der Waals surface area contributed by atoms with Gasteiger partial charge in [-0.25, -0.2) is 9.18 Å². The van der Waals surface area contributed by atoms with Crippen molar-refractivity contribution < 1.29 is 14.3 Å². The molecule has 0 fully saturated rings. The van der Waals surface area contributed by atoms with Crippen LogP contribution in [0.1, 0.15) is 11.6 Å². The Morgan fingerprint density at radius 2 is 1.95 bits per heavy atom. The third kappa shape index (κ3) is 4.09. The van der Waals surface area contributed by atoms with Crippen molar-refractivity contribution in [1.29, 1.82) is 0 Å². The standard InChI is InChI=1S/C14H9BrCl2FNO2/c15-11-6-10(1-2-12(11)17)19-13(14(20)21)7-3-8(16)5-9(18)4-7/h1-6,13,19H,(H,20,21). The lowest BCUT2D eigenvalue weighted by atomic mass is 10.1. The first-order valence-electron chi connectivity index (χ1n) is 5.77. The quantitative estimate of drug-likeness (QED) is 0.757. The van der Waals surface area contributed by atoms with Crippen molar-refractivity contribution >= 4 is 50.8 Å². The maximum atomic E-state index is 13.4. The number of nitrogens with one attached hydrogen (secondary N) is 1. The largest absolute Gasteiger partial charge is 0.479 e. The highest BCUT2D eigenvalue weighted by Gasteiger charge is 2.21.